The number of hydrogen-bond acceptors (Lipinski definition) is 1. The van der Waals surface area contributed by atoms with E-state index in [1.54, 1.807) is 0 Å². The first kappa shape index (κ1) is 11.2. The highest BCUT2D eigenvalue weighted by Gasteiger charge is 2.21. The maximum absolute atomic E-state index is 11.7. The van der Waals surface area contributed by atoms with Gasteiger partial charge in [-0.05, 0) is 30.9 Å². The summed E-state index contributed by atoms with van der Waals surface area (Å²) in [6.07, 6.45) is 9.66. The predicted molar refractivity (Wildman–Crippen MR) is 64.1 cm³/mol. The number of carbonyl (C=O) groups is 1. The van der Waals surface area contributed by atoms with Crippen molar-refractivity contribution in [3.05, 3.63) is 24.0 Å². The molecule has 2 rings (SSSR count). The van der Waals surface area contributed by atoms with E-state index in [9.17, 15) is 4.79 Å². The van der Waals surface area contributed by atoms with Crippen LogP contribution in [0.25, 0.3) is 0 Å². The summed E-state index contributed by atoms with van der Waals surface area (Å²) in [5.41, 5.74) is 1.29. The molecule has 1 saturated carbocycles. The molecule has 3 heteroatoms. The number of rotatable bonds is 4. The van der Waals surface area contributed by atoms with Crippen molar-refractivity contribution in [3.8, 4) is 0 Å². The first-order valence-corrected chi connectivity index (χ1v) is 6.14. The Hall–Kier alpha value is -1.25. The van der Waals surface area contributed by atoms with Gasteiger partial charge in [0.25, 0.3) is 0 Å². The molecule has 0 unspecified atom stereocenters. The van der Waals surface area contributed by atoms with Crippen LogP contribution in [0.2, 0.25) is 0 Å². The Kier molecular flexibility index (Phi) is 3.65. The highest BCUT2D eigenvalue weighted by atomic mass is 16.1. The van der Waals surface area contributed by atoms with Crippen LogP contribution in [-0.2, 0) is 18.3 Å². The van der Waals surface area contributed by atoms with Gasteiger partial charge in [0.05, 0.1) is 0 Å². The normalized spacial score (nSPS) is 16.6. The van der Waals surface area contributed by atoms with Gasteiger partial charge in [0.1, 0.15) is 0 Å². The topological polar surface area (TPSA) is 34.0 Å². The monoisotopic (exact) mass is 220 g/mol. The molecular weight excluding hydrogens is 200 g/mol. The number of nitrogens with zero attached hydrogens (tertiary/aromatic N) is 1. The maximum atomic E-state index is 11.7. The largest absolute Gasteiger partial charge is 0.357 e. The minimum atomic E-state index is 0.258. The van der Waals surface area contributed by atoms with Crippen LogP contribution < -0.4 is 5.32 Å². The van der Waals surface area contributed by atoms with Gasteiger partial charge in [-0.2, -0.15) is 0 Å². The fourth-order valence-electron chi connectivity index (χ4n) is 2.37. The van der Waals surface area contributed by atoms with E-state index < -0.39 is 0 Å². The van der Waals surface area contributed by atoms with Gasteiger partial charge in [-0.3, -0.25) is 4.79 Å². The molecule has 1 amide bonds. The average molecular weight is 220 g/mol. The second-order valence-corrected chi connectivity index (χ2v) is 4.71. The molecule has 3 nitrogen and oxygen atoms in total. The Morgan fingerprint density at radius 1 is 1.50 bits per heavy atom. The molecule has 1 fully saturated rings. The third kappa shape index (κ3) is 2.87. The number of hydrogen-bond donors (Lipinski definition) is 1. The number of amides is 1. The van der Waals surface area contributed by atoms with Crippen LogP contribution in [0.4, 0.5) is 0 Å². The predicted octanol–water partition coefficient (Wildman–Crippen LogP) is 1.87. The fraction of sp³-hybridized carbons (Fsp3) is 0.615. The number of aryl methyl sites for hydroxylation is 1. The fourth-order valence-corrected chi connectivity index (χ4v) is 2.37. The molecule has 1 N–H and O–H groups in total. The van der Waals surface area contributed by atoms with Gasteiger partial charge in [0, 0.05) is 31.9 Å². The van der Waals surface area contributed by atoms with Gasteiger partial charge in [-0.25, -0.2) is 0 Å². The van der Waals surface area contributed by atoms with Crippen molar-refractivity contribution < 1.29 is 4.79 Å². The molecule has 16 heavy (non-hydrogen) atoms. The molecule has 88 valence electrons. The Bertz CT molecular complexity index is 351. The molecule has 0 aliphatic heterocycles. The Morgan fingerprint density at radius 3 is 2.88 bits per heavy atom. The third-order valence-corrected chi connectivity index (χ3v) is 3.33. The van der Waals surface area contributed by atoms with E-state index in [1.807, 2.05) is 17.8 Å². The lowest BCUT2D eigenvalue weighted by molar-refractivity contribution is -0.124. The van der Waals surface area contributed by atoms with Crippen LogP contribution in [0.5, 0.6) is 0 Å². The summed E-state index contributed by atoms with van der Waals surface area (Å²) in [4.78, 5) is 11.7. The average Bonchev–Trinajstić information content (AvgIpc) is 2.89. The summed E-state index contributed by atoms with van der Waals surface area (Å²) in [5, 5.41) is 3.03. The SMILES string of the molecule is Cn1ccc(CCNC(=O)C2CCCC2)c1. The lowest BCUT2D eigenvalue weighted by Gasteiger charge is -2.09. The number of nitrogens with one attached hydrogen (secondary N) is 1. The molecule has 0 spiro atoms. The molecule has 1 aliphatic rings. The van der Waals surface area contributed by atoms with E-state index >= 15 is 0 Å². The van der Waals surface area contributed by atoms with Gasteiger partial charge in [-0.15, -0.1) is 0 Å². The minimum absolute atomic E-state index is 0.258. The molecular formula is C13H20N2O. The summed E-state index contributed by atoms with van der Waals surface area (Å²) in [6, 6.07) is 2.10. The molecule has 0 bridgehead atoms. The molecule has 0 aromatic carbocycles. The summed E-state index contributed by atoms with van der Waals surface area (Å²) < 4.78 is 2.04. The van der Waals surface area contributed by atoms with E-state index in [4.69, 9.17) is 0 Å². The van der Waals surface area contributed by atoms with Crippen LogP contribution >= 0.6 is 0 Å². The van der Waals surface area contributed by atoms with Crippen molar-refractivity contribution >= 4 is 5.91 Å². The van der Waals surface area contributed by atoms with Crippen molar-refractivity contribution in [2.24, 2.45) is 13.0 Å². The van der Waals surface area contributed by atoms with Crippen molar-refractivity contribution in [2.45, 2.75) is 32.1 Å². The van der Waals surface area contributed by atoms with Gasteiger partial charge < -0.3 is 9.88 Å². The van der Waals surface area contributed by atoms with E-state index in [0.29, 0.717) is 0 Å². The second-order valence-electron chi connectivity index (χ2n) is 4.71. The molecule has 0 radical (unpaired) electrons. The number of aromatic nitrogens is 1. The van der Waals surface area contributed by atoms with Crippen LogP contribution in [0.1, 0.15) is 31.2 Å². The summed E-state index contributed by atoms with van der Waals surface area (Å²) in [5.74, 6) is 0.546. The first-order valence-electron chi connectivity index (χ1n) is 6.14. The maximum Gasteiger partial charge on any atom is 0.223 e. The highest BCUT2D eigenvalue weighted by molar-refractivity contribution is 5.78. The quantitative estimate of drug-likeness (QED) is 0.826. The zero-order chi connectivity index (χ0) is 11.4. The van der Waals surface area contributed by atoms with E-state index in [2.05, 4.69) is 17.6 Å². The van der Waals surface area contributed by atoms with Crippen molar-refractivity contribution in [1.82, 2.24) is 9.88 Å². The minimum Gasteiger partial charge on any atom is -0.357 e. The van der Waals surface area contributed by atoms with Gasteiger partial charge in [0.15, 0.2) is 0 Å². The summed E-state index contributed by atoms with van der Waals surface area (Å²) >= 11 is 0. The zero-order valence-electron chi connectivity index (χ0n) is 9.91. The lowest BCUT2D eigenvalue weighted by atomic mass is 10.1. The zero-order valence-corrected chi connectivity index (χ0v) is 9.91. The summed E-state index contributed by atoms with van der Waals surface area (Å²) in [7, 11) is 2.01. The third-order valence-electron chi connectivity index (χ3n) is 3.33. The van der Waals surface area contributed by atoms with Crippen molar-refractivity contribution in [3.63, 3.8) is 0 Å². The van der Waals surface area contributed by atoms with Gasteiger partial charge >= 0.3 is 0 Å². The smallest absolute Gasteiger partial charge is 0.223 e. The van der Waals surface area contributed by atoms with Gasteiger partial charge in [0.2, 0.25) is 5.91 Å². The van der Waals surface area contributed by atoms with Crippen molar-refractivity contribution in [2.75, 3.05) is 6.54 Å². The standard InChI is InChI=1S/C13H20N2O/c1-15-9-7-11(10-15)6-8-14-13(16)12-4-2-3-5-12/h7,9-10,12H,2-6,8H2,1H3,(H,14,16). The molecule has 1 aromatic rings. The second kappa shape index (κ2) is 5.19. The van der Waals surface area contributed by atoms with Crippen LogP contribution in [-0.4, -0.2) is 17.0 Å². The van der Waals surface area contributed by atoms with Crippen LogP contribution in [0, 0.1) is 5.92 Å². The highest BCUT2D eigenvalue weighted by Crippen LogP contribution is 2.24. The Balaban J connectivity index is 1.69. The Morgan fingerprint density at radius 2 is 2.25 bits per heavy atom. The van der Waals surface area contributed by atoms with E-state index in [0.717, 1.165) is 25.8 Å². The van der Waals surface area contributed by atoms with E-state index in [-0.39, 0.29) is 11.8 Å². The van der Waals surface area contributed by atoms with E-state index in [1.165, 1.54) is 18.4 Å². The van der Waals surface area contributed by atoms with Crippen molar-refractivity contribution in [1.29, 1.82) is 0 Å². The molecule has 1 aliphatic carbocycles. The summed E-state index contributed by atoms with van der Waals surface area (Å²) in [6.45, 7) is 0.763. The Labute approximate surface area is 96.8 Å². The van der Waals surface area contributed by atoms with Gasteiger partial charge in [-0.1, -0.05) is 12.8 Å². The lowest BCUT2D eigenvalue weighted by Crippen LogP contribution is -2.30. The van der Waals surface area contributed by atoms with Crippen LogP contribution in [0.3, 0.4) is 0 Å². The molecule has 1 aromatic heterocycles. The number of carbonyl (C=O) groups excluding carboxylic acids is 1. The molecule has 0 saturated heterocycles. The van der Waals surface area contributed by atoms with Crippen LogP contribution in [0.15, 0.2) is 18.5 Å². The molecule has 1 heterocycles. The first-order chi connectivity index (χ1) is 7.75. The molecule has 0 atom stereocenters.